The van der Waals surface area contributed by atoms with Gasteiger partial charge >= 0.3 is 5.69 Å². The van der Waals surface area contributed by atoms with Crippen molar-refractivity contribution in [2.24, 2.45) is 11.3 Å². The molecule has 20 heteroatoms. The molecule has 1 spiro atoms. The van der Waals surface area contributed by atoms with Crippen molar-refractivity contribution in [3.63, 3.8) is 0 Å². The average Bonchev–Trinajstić information content (AvgIpc) is 3.77. The standard InChI is InChI=1S/C56H65F2N9O8S/c1-35(2)43-7-5-6-8-44(43)50-34-64(33-37-9-11-40(74-4)25-47(37)57)21-22-66(50)39-27-56(28-39)17-19-65(20-18-56)38-10-12-45(51(23-38)75-41-24-46-48(58)32-62-52(46)60-30-41)54(68)63-76(72,73)42-26-49(67(70)71)53(61-31-42)59-29-36-13-15-55(3,69)16-14-36/h5-12,23-26,30-32,35-36,39,50,69H,13-22,27-29,33-34H2,1-4H3,(H,59,61)(H,60,62)(H,63,68)/t36?,50-,55?/m0/s1. The summed E-state index contributed by atoms with van der Waals surface area (Å²) in [7, 11) is -3.18. The van der Waals surface area contributed by atoms with E-state index in [9.17, 15) is 32.8 Å². The van der Waals surface area contributed by atoms with Gasteiger partial charge in [0.05, 0.1) is 41.0 Å². The number of nitrogens with one attached hydrogen (secondary N) is 3. The number of sulfonamides is 1. The van der Waals surface area contributed by atoms with Crippen molar-refractivity contribution in [2.45, 2.75) is 107 Å². The highest BCUT2D eigenvalue weighted by molar-refractivity contribution is 7.90. The molecule has 0 bridgehead atoms. The Labute approximate surface area is 441 Å². The van der Waals surface area contributed by atoms with Crippen LogP contribution in [0.1, 0.15) is 111 Å². The lowest BCUT2D eigenvalue weighted by Gasteiger charge is -2.58. The van der Waals surface area contributed by atoms with E-state index in [1.807, 2.05) is 12.1 Å². The smallest absolute Gasteiger partial charge is 0.312 e. The summed E-state index contributed by atoms with van der Waals surface area (Å²) in [5, 5.41) is 25.7. The molecule has 3 aromatic carbocycles. The first kappa shape index (κ1) is 52.7. The van der Waals surface area contributed by atoms with E-state index in [1.54, 1.807) is 19.1 Å². The molecule has 4 fully saturated rings. The van der Waals surface area contributed by atoms with Crippen molar-refractivity contribution in [3.8, 4) is 17.2 Å². The molecular weight excluding hydrogens is 997 g/mol. The fourth-order valence-electron chi connectivity index (χ4n) is 11.8. The van der Waals surface area contributed by atoms with Gasteiger partial charge in [-0.2, -0.15) is 0 Å². The number of ether oxygens (including phenoxy) is 2. The number of nitro groups is 1. The number of halogens is 2. The Morgan fingerprint density at radius 3 is 2.43 bits per heavy atom. The number of carbonyl (C=O) groups excluding carboxylic acids is 1. The SMILES string of the molecule is COc1ccc(CN2CCN(C3CC4(CCN(c5ccc(C(=O)NS(=O)(=O)c6cnc(NCC7CCC(C)(O)CC7)c([N+](=O)[O-])c6)c(Oc6cnc7[nH]cc(F)c7c6)c5)CC4)C3)[C@H](c3ccccc3C(C)C)C2)c(F)c1. The number of hydrogen-bond acceptors (Lipinski definition) is 14. The normalized spacial score (nSPS) is 21.4. The topological polar surface area (TPSA) is 208 Å². The van der Waals surface area contributed by atoms with Gasteiger partial charge in [-0.1, -0.05) is 44.2 Å². The van der Waals surface area contributed by atoms with E-state index in [2.05, 4.69) is 77.8 Å². The van der Waals surface area contributed by atoms with Gasteiger partial charge in [-0.3, -0.25) is 24.7 Å². The van der Waals surface area contributed by atoms with Crippen LogP contribution < -0.4 is 24.4 Å². The lowest BCUT2D eigenvalue weighted by Crippen LogP contribution is -2.60. The van der Waals surface area contributed by atoms with Crippen LogP contribution in [0.4, 0.5) is 26.0 Å². The number of aromatic amines is 1. The Balaban J connectivity index is 0.839. The highest BCUT2D eigenvalue weighted by atomic mass is 32.2. The summed E-state index contributed by atoms with van der Waals surface area (Å²) in [6.07, 6.45) is 10.0. The number of fused-ring (bicyclic) bond motifs is 1. The van der Waals surface area contributed by atoms with Crippen molar-refractivity contribution in [1.82, 2.24) is 29.5 Å². The fourth-order valence-corrected chi connectivity index (χ4v) is 12.8. The number of aromatic nitrogens is 3. The number of carbonyl (C=O) groups is 1. The van der Waals surface area contributed by atoms with E-state index in [1.165, 1.54) is 48.8 Å². The zero-order chi connectivity index (χ0) is 53.5. The quantitative estimate of drug-likeness (QED) is 0.0526. The minimum Gasteiger partial charge on any atom is -0.497 e. The Morgan fingerprint density at radius 2 is 1.71 bits per heavy atom. The fraction of sp³-hybridized carbons (Fsp3) is 0.446. The van der Waals surface area contributed by atoms with Crippen LogP contribution in [0.25, 0.3) is 11.0 Å². The molecule has 0 radical (unpaired) electrons. The minimum absolute atomic E-state index is 0.0132. The van der Waals surface area contributed by atoms with E-state index in [4.69, 9.17) is 9.47 Å². The maximum atomic E-state index is 15.2. The van der Waals surface area contributed by atoms with Crippen LogP contribution in [0.3, 0.4) is 0 Å². The Morgan fingerprint density at radius 1 is 0.947 bits per heavy atom. The maximum Gasteiger partial charge on any atom is 0.312 e. The molecule has 5 heterocycles. The predicted molar refractivity (Wildman–Crippen MR) is 284 cm³/mol. The Bertz CT molecular complexity index is 3240. The van der Waals surface area contributed by atoms with Gasteiger partial charge in [0.2, 0.25) is 5.82 Å². The third kappa shape index (κ3) is 11.2. The summed E-state index contributed by atoms with van der Waals surface area (Å²) in [4.78, 5) is 43.3. The molecule has 2 saturated heterocycles. The molecule has 1 atom stereocenters. The highest BCUT2D eigenvalue weighted by Crippen LogP contribution is 2.53. The van der Waals surface area contributed by atoms with E-state index in [0.29, 0.717) is 75.1 Å². The molecule has 17 nitrogen and oxygen atoms in total. The van der Waals surface area contributed by atoms with Crippen molar-refractivity contribution in [3.05, 3.63) is 135 Å². The van der Waals surface area contributed by atoms with Crippen molar-refractivity contribution < 1.29 is 41.5 Å². The molecule has 4 N–H and O–H groups in total. The van der Waals surface area contributed by atoms with Crippen molar-refractivity contribution in [1.29, 1.82) is 0 Å². The number of anilines is 2. The van der Waals surface area contributed by atoms with Gasteiger partial charge in [-0.05, 0) is 111 Å². The van der Waals surface area contributed by atoms with Gasteiger partial charge in [0.15, 0.2) is 0 Å². The molecule has 10 rings (SSSR count). The molecule has 76 heavy (non-hydrogen) atoms. The second kappa shape index (κ2) is 21.4. The molecule has 4 aliphatic rings. The largest absolute Gasteiger partial charge is 0.497 e. The second-order valence-electron chi connectivity index (χ2n) is 21.8. The number of methoxy groups -OCH3 is 1. The summed E-state index contributed by atoms with van der Waals surface area (Å²) in [5.41, 5.74) is 2.96. The number of amides is 1. The lowest BCUT2D eigenvalue weighted by molar-refractivity contribution is -0.384. The highest BCUT2D eigenvalue weighted by Gasteiger charge is 2.50. The van der Waals surface area contributed by atoms with Gasteiger partial charge in [0.1, 0.15) is 39.4 Å². The van der Waals surface area contributed by atoms with E-state index in [0.717, 1.165) is 63.3 Å². The van der Waals surface area contributed by atoms with Gasteiger partial charge in [0.25, 0.3) is 15.9 Å². The van der Waals surface area contributed by atoms with Crippen LogP contribution >= 0.6 is 0 Å². The first-order valence-corrected chi connectivity index (χ1v) is 27.6. The second-order valence-corrected chi connectivity index (χ2v) is 23.5. The molecule has 2 aliphatic carbocycles. The molecule has 2 aliphatic heterocycles. The number of piperazine rings is 1. The Hall–Kier alpha value is -6.74. The summed E-state index contributed by atoms with van der Waals surface area (Å²) < 4.78 is 71.1. The summed E-state index contributed by atoms with van der Waals surface area (Å²) in [5.74, 6) is -0.954. The number of hydrogen-bond donors (Lipinski definition) is 4. The zero-order valence-corrected chi connectivity index (χ0v) is 44.0. The number of benzene rings is 3. The third-order valence-corrected chi connectivity index (χ3v) is 17.6. The summed E-state index contributed by atoms with van der Waals surface area (Å²) in [6.45, 7) is 11.0. The van der Waals surface area contributed by atoms with Crippen molar-refractivity contribution >= 4 is 44.2 Å². The van der Waals surface area contributed by atoms with Crippen LogP contribution in [-0.4, -0.2) is 107 Å². The van der Waals surface area contributed by atoms with E-state index >= 15 is 4.39 Å². The van der Waals surface area contributed by atoms with Gasteiger partial charge < -0.3 is 29.8 Å². The summed E-state index contributed by atoms with van der Waals surface area (Å²) >= 11 is 0. The average molecular weight is 1060 g/mol. The number of pyridine rings is 2. The van der Waals surface area contributed by atoms with Crippen molar-refractivity contribution in [2.75, 3.05) is 56.6 Å². The summed E-state index contributed by atoms with van der Waals surface area (Å²) in [6, 6.07) is 21.5. The monoisotopic (exact) mass is 1060 g/mol. The molecule has 2 saturated carbocycles. The maximum absolute atomic E-state index is 15.2. The van der Waals surface area contributed by atoms with Crippen LogP contribution in [0.5, 0.6) is 17.2 Å². The molecule has 6 aromatic rings. The van der Waals surface area contributed by atoms with Crippen LogP contribution in [0, 0.1) is 33.1 Å². The minimum atomic E-state index is -4.72. The molecule has 3 aromatic heterocycles. The number of rotatable bonds is 16. The number of H-pyrrole nitrogens is 1. The zero-order valence-electron chi connectivity index (χ0n) is 43.2. The lowest BCUT2D eigenvalue weighted by atomic mass is 9.59. The van der Waals surface area contributed by atoms with E-state index in [-0.39, 0.29) is 57.1 Å². The first-order chi connectivity index (χ1) is 36.4. The van der Waals surface area contributed by atoms with Gasteiger partial charge in [0, 0.05) is 93.5 Å². The van der Waals surface area contributed by atoms with Crippen LogP contribution in [0.15, 0.2) is 96.3 Å². The number of aliphatic hydroxyl groups is 1. The molecular formula is C56H65F2N9O8S. The van der Waals surface area contributed by atoms with Gasteiger partial charge in [-0.25, -0.2) is 31.9 Å². The van der Waals surface area contributed by atoms with Crippen LogP contribution in [0.2, 0.25) is 0 Å². The van der Waals surface area contributed by atoms with Gasteiger partial charge in [-0.15, -0.1) is 0 Å². The predicted octanol–water partition coefficient (Wildman–Crippen LogP) is 9.85. The molecule has 402 valence electrons. The Kier molecular flexibility index (Phi) is 14.8. The molecule has 1 amide bonds. The first-order valence-electron chi connectivity index (χ1n) is 26.1. The third-order valence-electron chi connectivity index (χ3n) is 16.3. The number of piperidine rings is 1. The number of nitrogens with zero attached hydrogens (tertiary/aromatic N) is 6. The van der Waals surface area contributed by atoms with E-state index < -0.39 is 42.9 Å². The van der Waals surface area contributed by atoms with Crippen LogP contribution in [-0.2, 0) is 16.6 Å². The molecule has 0 unspecified atom stereocenters.